The molecule has 2 aliphatic rings. The molecule has 3 rings (SSSR count). The van der Waals surface area contributed by atoms with Gasteiger partial charge >= 0.3 is 6.03 Å². The van der Waals surface area contributed by atoms with E-state index in [2.05, 4.69) is 26.2 Å². The third-order valence-corrected chi connectivity index (χ3v) is 3.84. The Bertz CT molecular complexity index is 573. The van der Waals surface area contributed by atoms with Crippen LogP contribution in [0.4, 0.5) is 14.9 Å². The summed E-state index contributed by atoms with van der Waals surface area (Å²) in [5, 5.41) is 3.03. The minimum absolute atomic E-state index is 0.0204. The summed E-state index contributed by atoms with van der Waals surface area (Å²) >= 11 is 3.22. The van der Waals surface area contributed by atoms with Crippen molar-refractivity contribution < 1.29 is 9.18 Å². The number of nitrogens with zero attached hydrogens (tertiary/aromatic N) is 2. The van der Waals surface area contributed by atoms with E-state index in [4.69, 9.17) is 0 Å². The molecule has 1 aromatic rings. The van der Waals surface area contributed by atoms with Gasteiger partial charge in [-0.15, -0.1) is 0 Å². The lowest BCUT2D eigenvalue weighted by Crippen LogP contribution is -2.46. The van der Waals surface area contributed by atoms with Crippen LogP contribution < -0.4 is 5.32 Å². The van der Waals surface area contributed by atoms with Crippen molar-refractivity contribution in [2.45, 2.75) is 18.3 Å². The summed E-state index contributed by atoms with van der Waals surface area (Å²) < 4.78 is 14.2. The van der Waals surface area contributed by atoms with Crippen LogP contribution in [0.1, 0.15) is 18.1 Å². The molecule has 94 valence electrons. The van der Waals surface area contributed by atoms with Crippen LogP contribution in [0.3, 0.4) is 0 Å². The average Bonchev–Trinajstić information content (AvgIpc) is 2.74. The number of alkyl halides is 1. The summed E-state index contributed by atoms with van der Waals surface area (Å²) in [5.41, 5.74) is 1.41. The van der Waals surface area contributed by atoms with E-state index in [1.165, 1.54) is 0 Å². The monoisotopic (exact) mass is 311 g/mol. The highest BCUT2D eigenvalue weighted by molar-refractivity contribution is 9.08. The molecule has 4 nitrogen and oxygen atoms in total. The molecule has 2 heterocycles. The van der Waals surface area contributed by atoms with Gasteiger partial charge in [-0.3, -0.25) is 9.89 Å². The van der Waals surface area contributed by atoms with Crippen molar-refractivity contribution in [1.29, 1.82) is 0 Å². The van der Waals surface area contributed by atoms with E-state index in [-0.39, 0.29) is 23.6 Å². The van der Waals surface area contributed by atoms with Crippen LogP contribution in [0.15, 0.2) is 17.1 Å². The molecule has 0 unspecified atom stereocenters. The summed E-state index contributed by atoms with van der Waals surface area (Å²) in [6.45, 7) is 2.48. The second-order valence-electron chi connectivity index (χ2n) is 4.41. The second kappa shape index (κ2) is 4.05. The van der Waals surface area contributed by atoms with Crippen LogP contribution in [0.2, 0.25) is 0 Å². The second-order valence-corrected chi connectivity index (χ2v) is 4.97. The quantitative estimate of drug-likeness (QED) is 0.796. The lowest BCUT2D eigenvalue weighted by Gasteiger charge is -2.30. The first kappa shape index (κ1) is 11.6. The summed E-state index contributed by atoms with van der Waals surface area (Å²) in [5.74, 6) is 0.181. The van der Waals surface area contributed by atoms with Crippen molar-refractivity contribution >= 4 is 33.5 Å². The number of rotatable bonds is 1. The topological polar surface area (TPSA) is 44.7 Å². The van der Waals surface area contributed by atoms with E-state index in [1.807, 2.05) is 6.92 Å². The number of nitrogens with one attached hydrogen (secondary N) is 1. The van der Waals surface area contributed by atoms with Crippen LogP contribution in [0, 0.1) is 5.82 Å². The summed E-state index contributed by atoms with van der Waals surface area (Å²) in [7, 11) is 0. The molecule has 1 N–H and O–H groups in total. The summed E-state index contributed by atoms with van der Waals surface area (Å²) in [6.07, 6.45) is 0. The lowest BCUT2D eigenvalue weighted by atomic mass is 10.1. The van der Waals surface area contributed by atoms with Crippen molar-refractivity contribution in [3.63, 3.8) is 0 Å². The Kier molecular flexibility index (Phi) is 2.62. The maximum Gasteiger partial charge on any atom is 0.327 e. The number of hydrogen-bond acceptors (Lipinski definition) is 2. The maximum atomic E-state index is 14.2. The molecule has 1 atom stereocenters. The minimum atomic E-state index is -0.389. The van der Waals surface area contributed by atoms with E-state index in [1.54, 1.807) is 17.0 Å². The largest absolute Gasteiger partial charge is 0.327 e. The van der Waals surface area contributed by atoms with E-state index in [0.717, 1.165) is 0 Å². The van der Waals surface area contributed by atoms with Gasteiger partial charge in [-0.2, -0.15) is 0 Å². The number of amidine groups is 1. The number of amides is 2. The Hall–Kier alpha value is -1.43. The first-order valence-corrected chi connectivity index (χ1v) is 6.78. The minimum Gasteiger partial charge on any atom is -0.304 e. The summed E-state index contributed by atoms with van der Waals surface area (Å²) in [4.78, 5) is 17.9. The molecule has 0 aliphatic carbocycles. The van der Waals surface area contributed by atoms with Gasteiger partial charge in [-0.1, -0.05) is 22.0 Å². The molecular weight excluding hydrogens is 301 g/mol. The number of hydrogen-bond donors (Lipinski definition) is 1. The van der Waals surface area contributed by atoms with Crippen molar-refractivity contribution in [2.75, 3.05) is 11.9 Å². The third kappa shape index (κ3) is 1.48. The van der Waals surface area contributed by atoms with E-state index >= 15 is 0 Å². The molecule has 0 spiro atoms. The Morgan fingerprint density at radius 3 is 3.11 bits per heavy atom. The average molecular weight is 312 g/mol. The normalized spacial score (nSPS) is 21.3. The molecule has 1 aromatic carbocycles. The number of fused-ring (bicyclic) bond motifs is 3. The highest BCUT2D eigenvalue weighted by Crippen LogP contribution is 2.32. The van der Waals surface area contributed by atoms with Crippen LogP contribution in [0.5, 0.6) is 0 Å². The fourth-order valence-electron chi connectivity index (χ4n) is 2.29. The van der Waals surface area contributed by atoms with Crippen LogP contribution in [-0.4, -0.2) is 29.4 Å². The molecule has 0 radical (unpaired) electrons. The van der Waals surface area contributed by atoms with Gasteiger partial charge in [0.1, 0.15) is 5.84 Å². The van der Waals surface area contributed by atoms with Gasteiger partial charge in [0, 0.05) is 16.5 Å². The smallest absolute Gasteiger partial charge is 0.304 e. The zero-order chi connectivity index (χ0) is 12.9. The molecule has 0 aromatic heterocycles. The first-order chi connectivity index (χ1) is 8.63. The molecule has 2 aliphatic heterocycles. The Morgan fingerprint density at radius 1 is 1.61 bits per heavy atom. The van der Waals surface area contributed by atoms with Gasteiger partial charge in [0.2, 0.25) is 0 Å². The van der Waals surface area contributed by atoms with Crippen LogP contribution in [-0.2, 0) is 5.33 Å². The van der Waals surface area contributed by atoms with Crippen LogP contribution in [0.25, 0.3) is 0 Å². The molecule has 0 saturated carbocycles. The Balaban J connectivity index is 2.18. The number of carbonyl (C=O) groups excluding carboxylic acids is 1. The van der Waals surface area contributed by atoms with Gasteiger partial charge < -0.3 is 5.32 Å². The van der Waals surface area contributed by atoms with Crippen molar-refractivity contribution in [2.24, 2.45) is 4.99 Å². The fourth-order valence-corrected chi connectivity index (χ4v) is 2.73. The number of urea groups is 1. The van der Waals surface area contributed by atoms with Crippen molar-refractivity contribution in [3.8, 4) is 0 Å². The van der Waals surface area contributed by atoms with E-state index < -0.39 is 0 Å². The van der Waals surface area contributed by atoms with Crippen molar-refractivity contribution in [1.82, 2.24) is 4.90 Å². The highest BCUT2D eigenvalue weighted by Gasteiger charge is 2.37. The zero-order valence-electron chi connectivity index (χ0n) is 9.70. The lowest BCUT2D eigenvalue weighted by molar-refractivity contribution is 0.227. The van der Waals surface area contributed by atoms with Gasteiger partial charge in [-0.25, -0.2) is 9.18 Å². The highest BCUT2D eigenvalue weighted by atomic mass is 79.9. The number of benzene rings is 1. The van der Waals surface area contributed by atoms with Gasteiger partial charge in [0.05, 0.1) is 18.3 Å². The van der Waals surface area contributed by atoms with Crippen LogP contribution >= 0.6 is 15.9 Å². The predicted octanol–water partition coefficient (Wildman–Crippen LogP) is 2.72. The molecule has 2 amide bonds. The fraction of sp³-hybridized carbons (Fsp3) is 0.333. The Morgan fingerprint density at radius 2 is 2.39 bits per heavy atom. The maximum absolute atomic E-state index is 14.2. The molecule has 0 bridgehead atoms. The number of halogens is 2. The number of anilines is 1. The molecule has 6 heteroatoms. The molecule has 18 heavy (non-hydrogen) atoms. The zero-order valence-corrected chi connectivity index (χ0v) is 11.3. The van der Waals surface area contributed by atoms with E-state index in [0.29, 0.717) is 28.8 Å². The molecule has 0 saturated heterocycles. The first-order valence-electron chi connectivity index (χ1n) is 5.66. The third-order valence-electron chi connectivity index (χ3n) is 3.23. The standard InChI is InChI=1S/C12H11BrFN3O/c1-6-5-15-11-8-3-2-7(4-13)9(14)10(8)16-12(18)17(6)11/h2-3,6H,4-5H2,1H3,(H,16,18)/t6-/m0/s1. The summed E-state index contributed by atoms with van der Waals surface area (Å²) in [6, 6.07) is 3.23. The van der Waals surface area contributed by atoms with Gasteiger partial charge in [0.25, 0.3) is 0 Å². The Labute approximate surface area is 112 Å². The van der Waals surface area contributed by atoms with Gasteiger partial charge in [0.15, 0.2) is 5.82 Å². The molecular formula is C12H11BrFN3O. The number of carbonyl (C=O) groups is 1. The van der Waals surface area contributed by atoms with E-state index in [9.17, 15) is 9.18 Å². The van der Waals surface area contributed by atoms with Gasteiger partial charge in [-0.05, 0) is 13.0 Å². The predicted molar refractivity (Wildman–Crippen MR) is 70.8 cm³/mol. The molecule has 0 fully saturated rings. The van der Waals surface area contributed by atoms with Crippen molar-refractivity contribution in [3.05, 3.63) is 29.1 Å². The SMILES string of the molecule is C[C@H]1CN=C2c3ccc(CBr)c(F)c3NC(=O)N21. The number of aliphatic imine (C=N–C) groups is 1.